The van der Waals surface area contributed by atoms with Crippen molar-refractivity contribution in [1.82, 2.24) is 9.97 Å². The third-order valence-electron chi connectivity index (χ3n) is 7.48. The molecule has 0 spiro atoms. The number of hydrogen-bond acceptors (Lipinski definition) is 3. The summed E-state index contributed by atoms with van der Waals surface area (Å²) in [5.41, 5.74) is 4.37. The third-order valence-corrected chi connectivity index (χ3v) is 8.78. The van der Waals surface area contributed by atoms with Crippen molar-refractivity contribution in [1.29, 1.82) is 0 Å². The van der Waals surface area contributed by atoms with E-state index in [1.54, 1.807) is 0 Å². The topological polar surface area (TPSA) is 42.9 Å². The monoisotopic (exact) mass is 560 g/mol. The summed E-state index contributed by atoms with van der Waals surface area (Å²) in [4.78, 5) is 23.0. The summed E-state index contributed by atoms with van der Waals surface area (Å²) in [5, 5.41) is 1.15. The summed E-state index contributed by atoms with van der Waals surface area (Å²) in [6, 6.07) is 8.53. The van der Waals surface area contributed by atoms with Gasteiger partial charge in [0.05, 0.1) is 23.2 Å². The molecule has 2 fully saturated rings. The fraction of sp³-hybridized carbons (Fsp3) is 0.593. The summed E-state index contributed by atoms with van der Waals surface area (Å²) >= 11 is 7.17. The molecule has 0 bridgehead atoms. The molecule has 2 aromatic rings. The first kappa shape index (κ1) is 24.1. The zero-order chi connectivity index (χ0) is 22.3. The minimum absolute atomic E-state index is 0.176. The largest absolute Gasteiger partial charge is 0.298 e. The lowest BCUT2D eigenvalue weighted by Gasteiger charge is -2.23. The molecule has 0 saturated heterocycles. The second kappa shape index (κ2) is 11.9. The molecule has 5 heteroatoms. The Bertz CT molecular complexity index is 785. The van der Waals surface area contributed by atoms with Crippen LogP contribution in [0.25, 0.3) is 0 Å². The van der Waals surface area contributed by atoms with Gasteiger partial charge in [-0.1, -0.05) is 82.5 Å². The van der Waals surface area contributed by atoms with Gasteiger partial charge in [0.2, 0.25) is 0 Å². The van der Waals surface area contributed by atoms with Gasteiger partial charge >= 0.3 is 0 Å². The predicted octanol–water partition coefficient (Wildman–Crippen LogP) is 7.80. The molecule has 0 aliphatic heterocycles. The molecule has 2 atom stereocenters. The Morgan fingerprint density at radius 3 is 1.44 bits per heavy atom. The molecule has 172 valence electrons. The standard InChI is InChI=1S/C27H34Br2N2O/c28-15-23(25-13-11-21(17-30-25)19-7-3-1-4-8-19)27(32)24(16-29)26-14-12-22(18-31-26)20-9-5-2-6-10-20/h11-14,17-20,23-24H,1-10,15-16H2. The lowest BCUT2D eigenvalue weighted by molar-refractivity contribution is -0.121. The van der Waals surface area contributed by atoms with Crippen molar-refractivity contribution in [2.75, 3.05) is 10.7 Å². The number of halogens is 2. The average Bonchev–Trinajstić information content (AvgIpc) is 2.87. The second-order valence-electron chi connectivity index (χ2n) is 9.52. The number of nitrogens with zero attached hydrogens (tertiary/aromatic N) is 2. The normalized spacial score (nSPS) is 20.1. The van der Waals surface area contributed by atoms with Crippen LogP contribution in [0.2, 0.25) is 0 Å². The van der Waals surface area contributed by atoms with Gasteiger partial charge in [0, 0.05) is 23.1 Å². The Hall–Kier alpha value is -1.07. The maximum Gasteiger partial charge on any atom is 0.152 e. The Morgan fingerprint density at radius 2 is 1.12 bits per heavy atom. The highest BCUT2D eigenvalue weighted by Crippen LogP contribution is 2.35. The molecule has 2 aliphatic rings. The third kappa shape index (κ3) is 5.70. The van der Waals surface area contributed by atoms with E-state index >= 15 is 0 Å². The Morgan fingerprint density at radius 1 is 0.719 bits per heavy atom. The first-order chi connectivity index (χ1) is 15.7. The number of Topliss-reactive ketones (excluding diaryl/α,β-unsaturated/α-hetero) is 1. The Labute approximate surface area is 209 Å². The molecule has 2 aliphatic carbocycles. The molecule has 2 heterocycles. The maximum atomic E-state index is 13.5. The van der Waals surface area contributed by atoms with Crippen molar-refractivity contribution >= 4 is 37.6 Å². The molecule has 2 aromatic heterocycles. The zero-order valence-corrected chi connectivity index (χ0v) is 22.0. The average molecular weight is 562 g/mol. The van der Waals surface area contributed by atoms with E-state index in [-0.39, 0.29) is 17.6 Å². The predicted molar refractivity (Wildman–Crippen MR) is 138 cm³/mol. The van der Waals surface area contributed by atoms with Crippen LogP contribution in [0.1, 0.15) is 110 Å². The zero-order valence-electron chi connectivity index (χ0n) is 18.8. The Balaban J connectivity index is 1.47. The highest BCUT2D eigenvalue weighted by molar-refractivity contribution is 9.09. The van der Waals surface area contributed by atoms with Gasteiger partial charge in [-0.15, -0.1) is 0 Å². The molecule has 0 aromatic carbocycles. The summed E-state index contributed by atoms with van der Waals surface area (Å²) < 4.78 is 0. The SMILES string of the molecule is O=C(C(CBr)c1ccc(C2CCCCC2)cn1)C(CBr)c1ccc(C2CCCCC2)cn1. The van der Waals surface area contributed by atoms with Crippen LogP contribution in [-0.4, -0.2) is 26.4 Å². The fourth-order valence-electron chi connectivity index (χ4n) is 5.45. The van der Waals surface area contributed by atoms with Crippen LogP contribution in [0.3, 0.4) is 0 Å². The van der Waals surface area contributed by atoms with Crippen molar-refractivity contribution < 1.29 is 4.79 Å². The lowest BCUT2D eigenvalue weighted by Crippen LogP contribution is -2.24. The molecule has 0 radical (unpaired) electrons. The quantitative estimate of drug-likeness (QED) is 0.309. The number of ketones is 1. The van der Waals surface area contributed by atoms with E-state index in [4.69, 9.17) is 9.97 Å². The second-order valence-corrected chi connectivity index (χ2v) is 10.8. The number of carbonyl (C=O) groups is 1. The number of pyridine rings is 2. The van der Waals surface area contributed by atoms with Gasteiger partial charge in [-0.2, -0.15) is 0 Å². The van der Waals surface area contributed by atoms with E-state index in [0.717, 1.165) is 11.4 Å². The summed E-state index contributed by atoms with van der Waals surface area (Å²) in [7, 11) is 0. The van der Waals surface area contributed by atoms with Gasteiger partial charge in [-0.25, -0.2) is 0 Å². The first-order valence-electron chi connectivity index (χ1n) is 12.3. The molecule has 2 unspecified atom stereocenters. The summed E-state index contributed by atoms with van der Waals surface area (Å²) in [6.07, 6.45) is 17.0. The van der Waals surface area contributed by atoms with E-state index in [0.29, 0.717) is 22.5 Å². The van der Waals surface area contributed by atoms with Gasteiger partial charge in [0.1, 0.15) is 0 Å². The number of carbonyl (C=O) groups excluding carboxylic acids is 1. The van der Waals surface area contributed by atoms with Crippen LogP contribution in [0.4, 0.5) is 0 Å². The summed E-state index contributed by atoms with van der Waals surface area (Å²) in [6.45, 7) is 0. The smallest absolute Gasteiger partial charge is 0.152 e. The van der Waals surface area contributed by atoms with Crippen molar-refractivity contribution in [3.05, 3.63) is 59.2 Å². The van der Waals surface area contributed by atoms with Crippen molar-refractivity contribution in [3.8, 4) is 0 Å². The molecule has 32 heavy (non-hydrogen) atoms. The molecule has 0 N–H and O–H groups in total. The fourth-order valence-corrected chi connectivity index (χ4v) is 6.75. The minimum Gasteiger partial charge on any atom is -0.298 e. The lowest BCUT2D eigenvalue weighted by atomic mass is 9.84. The van der Waals surface area contributed by atoms with Gasteiger partial charge in [0.25, 0.3) is 0 Å². The minimum atomic E-state index is -0.266. The van der Waals surface area contributed by atoms with Crippen LogP contribution >= 0.6 is 31.9 Å². The first-order valence-corrected chi connectivity index (χ1v) is 14.5. The molecule has 2 saturated carbocycles. The highest BCUT2D eigenvalue weighted by Gasteiger charge is 2.30. The maximum absolute atomic E-state index is 13.5. The van der Waals surface area contributed by atoms with E-state index in [1.807, 2.05) is 12.4 Å². The Kier molecular flexibility index (Phi) is 8.93. The van der Waals surface area contributed by atoms with Gasteiger partial charge in [0.15, 0.2) is 5.78 Å². The van der Waals surface area contributed by atoms with Crippen molar-refractivity contribution in [2.45, 2.75) is 87.9 Å². The molecular formula is C27H34Br2N2O. The molecule has 4 rings (SSSR count). The molecule has 3 nitrogen and oxygen atoms in total. The van der Waals surface area contributed by atoms with Crippen LogP contribution < -0.4 is 0 Å². The summed E-state index contributed by atoms with van der Waals surface area (Å²) in [5.74, 6) is 0.904. The van der Waals surface area contributed by atoms with Gasteiger partial charge < -0.3 is 0 Å². The number of rotatable bonds is 8. The van der Waals surface area contributed by atoms with Gasteiger partial charge in [-0.3, -0.25) is 14.8 Å². The number of aromatic nitrogens is 2. The highest BCUT2D eigenvalue weighted by atomic mass is 79.9. The van der Waals surface area contributed by atoms with E-state index in [9.17, 15) is 4.79 Å². The van der Waals surface area contributed by atoms with Crippen LogP contribution in [-0.2, 0) is 4.79 Å². The molecule has 0 amide bonds. The van der Waals surface area contributed by atoms with Crippen LogP contribution in [0.5, 0.6) is 0 Å². The number of hydrogen-bond donors (Lipinski definition) is 0. The van der Waals surface area contributed by atoms with E-state index in [1.165, 1.54) is 75.3 Å². The number of alkyl halides is 2. The molecular weight excluding hydrogens is 528 g/mol. The van der Waals surface area contributed by atoms with Crippen molar-refractivity contribution in [2.24, 2.45) is 0 Å². The van der Waals surface area contributed by atoms with Crippen LogP contribution in [0.15, 0.2) is 36.7 Å². The van der Waals surface area contributed by atoms with E-state index < -0.39 is 0 Å². The van der Waals surface area contributed by atoms with Crippen molar-refractivity contribution in [3.63, 3.8) is 0 Å². The van der Waals surface area contributed by atoms with E-state index in [2.05, 4.69) is 56.1 Å². The van der Waals surface area contributed by atoms with Gasteiger partial charge in [-0.05, 0) is 60.8 Å². The van der Waals surface area contributed by atoms with Crippen LogP contribution in [0, 0.1) is 0 Å².